The molecule has 0 saturated carbocycles. The molecule has 0 aromatic heterocycles. The van der Waals surface area contributed by atoms with E-state index in [9.17, 15) is 4.39 Å². The summed E-state index contributed by atoms with van der Waals surface area (Å²) in [6.07, 6.45) is 4.28. The summed E-state index contributed by atoms with van der Waals surface area (Å²) in [6, 6.07) is 9.39. The molecule has 3 rings (SSSR count). The van der Waals surface area contributed by atoms with Gasteiger partial charge in [-0.25, -0.2) is 0 Å². The van der Waals surface area contributed by atoms with Crippen molar-refractivity contribution in [2.75, 3.05) is 0 Å². The molecule has 2 heterocycles. The molecule has 17 heavy (non-hydrogen) atoms. The number of para-hydroxylation sites is 1. The number of allylic oxidation sites excluding steroid dienone is 1. The minimum absolute atomic E-state index is 0.0823. The van der Waals surface area contributed by atoms with Crippen molar-refractivity contribution in [3.63, 3.8) is 0 Å². The molecule has 0 saturated heterocycles. The second kappa shape index (κ2) is 3.36. The summed E-state index contributed by atoms with van der Waals surface area (Å²) >= 11 is 0. The van der Waals surface area contributed by atoms with Gasteiger partial charge in [0, 0.05) is 18.2 Å². The highest BCUT2D eigenvalue weighted by molar-refractivity contribution is 6.10. The summed E-state index contributed by atoms with van der Waals surface area (Å²) in [4.78, 5) is 4.12. The number of aliphatic imine (C=N–C) groups is 1. The summed E-state index contributed by atoms with van der Waals surface area (Å²) in [5.74, 6) is 0.113. The van der Waals surface area contributed by atoms with Crippen LogP contribution in [0.5, 0.6) is 0 Å². The zero-order valence-electron chi connectivity index (χ0n) is 8.92. The fraction of sp³-hybridized carbons (Fsp3) is 0. The maximum atomic E-state index is 13.7. The Labute approximate surface area is 97.5 Å². The Bertz CT molecular complexity index is 586. The van der Waals surface area contributed by atoms with Crippen LogP contribution in [-0.4, -0.2) is 12.2 Å². The van der Waals surface area contributed by atoms with Gasteiger partial charge in [-0.2, -0.15) is 9.38 Å². The molecule has 0 fully saturated rings. The fourth-order valence-corrected chi connectivity index (χ4v) is 1.92. The van der Waals surface area contributed by atoms with Gasteiger partial charge in [-0.15, -0.1) is 0 Å². The van der Waals surface area contributed by atoms with Gasteiger partial charge < -0.3 is 5.73 Å². The molecule has 1 atom stereocenters. The van der Waals surface area contributed by atoms with E-state index in [2.05, 4.69) is 10.1 Å². The number of benzene rings is 1. The zero-order chi connectivity index (χ0) is 11.9. The monoisotopic (exact) mass is 229 g/mol. The Morgan fingerprint density at radius 2 is 1.94 bits per heavy atom. The highest BCUT2D eigenvalue weighted by Crippen LogP contribution is 2.33. The number of halogens is 1. The van der Waals surface area contributed by atoms with Crippen molar-refractivity contribution in [1.29, 1.82) is 0 Å². The van der Waals surface area contributed by atoms with Crippen LogP contribution in [0.25, 0.3) is 0 Å². The Kier molecular flexibility index (Phi) is 1.96. The predicted molar refractivity (Wildman–Crippen MR) is 65.6 cm³/mol. The first-order valence-electron chi connectivity index (χ1n) is 5.15. The van der Waals surface area contributed by atoms with Gasteiger partial charge in [0.15, 0.2) is 18.2 Å². The number of amidine groups is 1. The van der Waals surface area contributed by atoms with E-state index in [-0.39, 0.29) is 10.3 Å². The van der Waals surface area contributed by atoms with E-state index in [0.29, 0.717) is 5.84 Å². The van der Waals surface area contributed by atoms with Crippen LogP contribution in [0.2, 0.25) is 0 Å². The summed E-state index contributed by atoms with van der Waals surface area (Å²) in [5.41, 5.74) is 6.44. The van der Waals surface area contributed by atoms with Crippen molar-refractivity contribution < 1.29 is 4.39 Å². The van der Waals surface area contributed by atoms with E-state index in [1.54, 1.807) is 0 Å². The Morgan fingerprint density at radius 1 is 1.18 bits per heavy atom. The van der Waals surface area contributed by atoms with E-state index in [4.69, 9.17) is 5.73 Å². The van der Waals surface area contributed by atoms with Gasteiger partial charge in [0.25, 0.3) is 5.84 Å². The Hall–Kier alpha value is -2.27. The molecule has 1 aromatic rings. The topological polar surface area (TPSA) is 50.7 Å². The molecule has 0 bridgehead atoms. The van der Waals surface area contributed by atoms with E-state index < -0.39 is 5.83 Å². The van der Waals surface area contributed by atoms with Crippen molar-refractivity contribution in [3.05, 3.63) is 54.1 Å². The SMILES string of the molecule is NC1=CC2=NC=N[N+]2(c2ccccc2)C=C1F. The Morgan fingerprint density at radius 3 is 2.71 bits per heavy atom. The van der Waals surface area contributed by atoms with E-state index >= 15 is 0 Å². The summed E-state index contributed by atoms with van der Waals surface area (Å²) in [7, 11) is 0. The molecule has 2 aliphatic rings. The lowest BCUT2D eigenvalue weighted by Crippen LogP contribution is -2.43. The van der Waals surface area contributed by atoms with Gasteiger partial charge in [-0.05, 0) is 0 Å². The molecule has 0 aliphatic carbocycles. The first-order valence-corrected chi connectivity index (χ1v) is 5.15. The number of nitrogens with zero attached hydrogens (tertiary/aromatic N) is 3. The van der Waals surface area contributed by atoms with Crippen LogP contribution in [0.4, 0.5) is 10.1 Å². The van der Waals surface area contributed by atoms with Crippen LogP contribution >= 0.6 is 0 Å². The van der Waals surface area contributed by atoms with Crippen LogP contribution in [0.1, 0.15) is 0 Å². The number of nitrogens with two attached hydrogens (primary N) is 1. The molecular weight excluding hydrogens is 219 g/mol. The molecule has 2 N–H and O–H groups in total. The van der Waals surface area contributed by atoms with E-state index in [1.165, 1.54) is 18.6 Å². The normalized spacial score (nSPS) is 26.1. The van der Waals surface area contributed by atoms with Crippen LogP contribution in [0.3, 0.4) is 0 Å². The predicted octanol–water partition coefficient (Wildman–Crippen LogP) is 2.02. The minimum atomic E-state index is -0.480. The number of rotatable bonds is 1. The van der Waals surface area contributed by atoms with Crippen LogP contribution < -0.4 is 10.3 Å². The van der Waals surface area contributed by atoms with Gasteiger partial charge in [-0.1, -0.05) is 27.9 Å². The molecule has 0 amide bonds. The first kappa shape index (κ1) is 9.92. The average molecular weight is 229 g/mol. The maximum absolute atomic E-state index is 13.7. The number of quaternary nitrogens is 1. The summed E-state index contributed by atoms with van der Waals surface area (Å²) in [6.45, 7) is 0. The van der Waals surface area contributed by atoms with E-state index in [0.717, 1.165) is 5.69 Å². The first-order chi connectivity index (χ1) is 8.22. The van der Waals surface area contributed by atoms with Crippen molar-refractivity contribution in [2.45, 2.75) is 0 Å². The highest BCUT2D eigenvalue weighted by Gasteiger charge is 2.42. The summed E-state index contributed by atoms with van der Waals surface area (Å²) < 4.78 is 13.6. The number of fused-ring (bicyclic) bond motifs is 1. The largest absolute Gasteiger partial charge is 0.396 e. The van der Waals surface area contributed by atoms with Crippen LogP contribution in [-0.2, 0) is 0 Å². The summed E-state index contributed by atoms with van der Waals surface area (Å²) in [5, 5.41) is 4.24. The minimum Gasteiger partial charge on any atom is -0.396 e. The third-order valence-electron chi connectivity index (χ3n) is 2.78. The van der Waals surface area contributed by atoms with Crippen LogP contribution in [0.15, 0.2) is 64.2 Å². The average Bonchev–Trinajstić information content (AvgIpc) is 2.75. The van der Waals surface area contributed by atoms with Gasteiger partial charge in [0.05, 0.1) is 5.70 Å². The highest BCUT2D eigenvalue weighted by atomic mass is 19.1. The lowest BCUT2D eigenvalue weighted by atomic mass is 10.2. The molecule has 5 heteroatoms. The Balaban J connectivity index is 2.21. The third kappa shape index (κ3) is 1.33. The van der Waals surface area contributed by atoms with Gasteiger partial charge >= 0.3 is 0 Å². The van der Waals surface area contributed by atoms with Crippen molar-refractivity contribution in [3.8, 4) is 0 Å². The molecular formula is C12H10FN4+. The molecule has 84 valence electrons. The van der Waals surface area contributed by atoms with Gasteiger partial charge in [0.2, 0.25) is 5.83 Å². The lowest BCUT2D eigenvalue weighted by Gasteiger charge is -2.25. The zero-order valence-corrected chi connectivity index (χ0v) is 8.92. The molecule has 1 aromatic carbocycles. The quantitative estimate of drug-likeness (QED) is 0.736. The van der Waals surface area contributed by atoms with Gasteiger partial charge in [-0.3, -0.25) is 0 Å². The molecule has 0 spiro atoms. The second-order valence-corrected chi connectivity index (χ2v) is 3.82. The van der Waals surface area contributed by atoms with Crippen molar-refractivity contribution in [2.24, 2.45) is 15.8 Å². The van der Waals surface area contributed by atoms with Crippen molar-refractivity contribution in [1.82, 2.24) is 4.59 Å². The fourth-order valence-electron chi connectivity index (χ4n) is 1.92. The number of hydrogen-bond acceptors (Lipinski definition) is 3. The van der Waals surface area contributed by atoms with Crippen LogP contribution in [0, 0.1) is 0 Å². The van der Waals surface area contributed by atoms with Gasteiger partial charge in [0.1, 0.15) is 0 Å². The van der Waals surface area contributed by atoms with E-state index in [1.807, 2.05) is 30.3 Å². The molecule has 0 radical (unpaired) electrons. The number of hydrogen-bond donors (Lipinski definition) is 1. The lowest BCUT2D eigenvalue weighted by molar-refractivity contribution is 0.539. The molecule has 1 unspecified atom stereocenters. The second-order valence-electron chi connectivity index (χ2n) is 3.82. The maximum Gasteiger partial charge on any atom is 0.268 e. The standard InChI is InChI=1S/C12H10FN4/c13-10-7-17(9-4-2-1-3-5-9)12(6-11(10)14)15-8-16-17/h1-8H,14H2/q+1. The molecule has 2 aliphatic heterocycles. The third-order valence-corrected chi connectivity index (χ3v) is 2.78. The van der Waals surface area contributed by atoms with Crippen molar-refractivity contribution >= 4 is 17.9 Å². The molecule has 4 nitrogen and oxygen atoms in total. The smallest absolute Gasteiger partial charge is 0.268 e.